The molecule has 0 aliphatic heterocycles. The predicted molar refractivity (Wildman–Crippen MR) is 52.1 cm³/mol. The fourth-order valence-electron chi connectivity index (χ4n) is 1.22. The number of carbonyl (C=O) groups excluding carboxylic acids is 2. The van der Waals surface area contributed by atoms with E-state index in [0.717, 1.165) is 12.1 Å². The molecule has 16 heavy (non-hydrogen) atoms. The fourth-order valence-corrected chi connectivity index (χ4v) is 1.22. The number of hydrogen-bond donors (Lipinski definition) is 0. The van der Waals surface area contributed by atoms with E-state index in [0.29, 0.717) is 6.29 Å². The van der Waals surface area contributed by atoms with Crippen LogP contribution in [0.25, 0.3) is 0 Å². The molecule has 3 nitrogen and oxygen atoms in total. The van der Waals surface area contributed by atoms with Gasteiger partial charge in [0.25, 0.3) is 0 Å². The van der Waals surface area contributed by atoms with Gasteiger partial charge in [-0.2, -0.15) is 0 Å². The van der Waals surface area contributed by atoms with E-state index in [4.69, 9.17) is 0 Å². The molecule has 0 atom stereocenters. The summed E-state index contributed by atoms with van der Waals surface area (Å²) in [4.78, 5) is 21.4. The maximum Gasteiger partial charge on any atom is 0.310 e. The van der Waals surface area contributed by atoms with Crippen molar-refractivity contribution < 1.29 is 23.1 Å². The third kappa shape index (κ3) is 2.85. The van der Waals surface area contributed by atoms with Crippen molar-refractivity contribution in [2.75, 3.05) is 6.61 Å². The second-order valence-electron chi connectivity index (χ2n) is 3.06. The van der Waals surface area contributed by atoms with E-state index in [1.807, 2.05) is 0 Å². The molecule has 0 N–H and O–H groups in total. The molecule has 1 aromatic rings. The molecule has 0 saturated carbocycles. The molecule has 1 aromatic carbocycles. The van der Waals surface area contributed by atoms with Gasteiger partial charge in [-0.25, -0.2) is 8.78 Å². The fraction of sp³-hybridized carbons (Fsp3) is 0.273. The molecule has 0 amide bonds. The van der Waals surface area contributed by atoms with Crippen LogP contribution in [0.4, 0.5) is 8.78 Å². The highest BCUT2D eigenvalue weighted by Crippen LogP contribution is 2.15. The lowest BCUT2D eigenvalue weighted by Crippen LogP contribution is -2.10. The van der Waals surface area contributed by atoms with Gasteiger partial charge in [-0.3, -0.25) is 9.59 Å². The molecule has 0 fully saturated rings. The third-order valence-corrected chi connectivity index (χ3v) is 1.93. The smallest absolute Gasteiger partial charge is 0.310 e. The van der Waals surface area contributed by atoms with Crippen molar-refractivity contribution in [1.82, 2.24) is 0 Å². The molecule has 86 valence electrons. The van der Waals surface area contributed by atoms with Gasteiger partial charge in [-0.15, -0.1) is 0 Å². The topological polar surface area (TPSA) is 43.4 Å². The second kappa shape index (κ2) is 5.34. The van der Waals surface area contributed by atoms with E-state index in [1.165, 1.54) is 0 Å². The average molecular weight is 228 g/mol. The van der Waals surface area contributed by atoms with Gasteiger partial charge >= 0.3 is 5.97 Å². The molecule has 0 spiro atoms. The van der Waals surface area contributed by atoms with Gasteiger partial charge < -0.3 is 4.74 Å². The molecule has 5 heteroatoms. The van der Waals surface area contributed by atoms with Crippen molar-refractivity contribution in [2.45, 2.75) is 13.3 Å². The van der Waals surface area contributed by atoms with Crippen molar-refractivity contribution in [3.8, 4) is 0 Å². The second-order valence-corrected chi connectivity index (χ2v) is 3.06. The van der Waals surface area contributed by atoms with Crippen molar-refractivity contribution >= 4 is 12.3 Å². The number of ether oxygens (including phenoxy) is 1. The molecule has 0 bridgehead atoms. The first-order chi connectivity index (χ1) is 7.58. The maximum absolute atomic E-state index is 13.3. The normalized spacial score (nSPS) is 9.94. The van der Waals surface area contributed by atoms with Crippen molar-refractivity contribution in [1.29, 1.82) is 0 Å². The summed E-state index contributed by atoms with van der Waals surface area (Å²) in [6.07, 6.45) is -0.148. The van der Waals surface area contributed by atoms with Crippen LogP contribution in [0.1, 0.15) is 22.8 Å². The largest absolute Gasteiger partial charge is 0.466 e. The molecular weight excluding hydrogens is 218 g/mol. The summed E-state index contributed by atoms with van der Waals surface area (Å²) in [7, 11) is 0. The number of rotatable bonds is 4. The summed E-state index contributed by atoms with van der Waals surface area (Å²) in [5, 5.41) is 0. The van der Waals surface area contributed by atoms with Gasteiger partial charge in [0.2, 0.25) is 0 Å². The van der Waals surface area contributed by atoms with E-state index in [-0.39, 0.29) is 17.7 Å². The summed E-state index contributed by atoms with van der Waals surface area (Å²) in [5.41, 5.74) is -0.494. The SMILES string of the molecule is CCOC(=O)Cc1c(F)cc(C=O)cc1F. The Morgan fingerprint density at radius 1 is 1.38 bits per heavy atom. The number of halogens is 2. The molecule has 0 saturated heterocycles. The van der Waals surface area contributed by atoms with Crippen LogP contribution in [0.5, 0.6) is 0 Å². The zero-order valence-electron chi connectivity index (χ0n) is 8.63. The van der Waals surface area contributed by atoms with Crippen LogP contribution in [0.3, 0.4) is 0 Å². The molecule has 0 unspecified atom stereocenters. The lowest BCUT2D eigenvalue weighted by molar-refractivity contribution is -0.142. The zero-order chi connectivity index (χ0) is 12.1. The predicted octanol–water partition coefficient (Wildman–Crippen LogP) is 1.88. The van der Waals surface area contributed by atoms with Gasteiger partial charge in [0.15, 0.2) is 0 Å². The number of benzene rings is 1. The first-order valence-corrected chi connectivity index (χ1v) is 4.67. The van der Waals surface area contributed by atoms with E-state index in [9.17, 15) is 18.4 Å². The molecule has 0 heterocycles. The van der Waals surface area contributed by atoms with E-state index >= 15 is 0 Å². The Bertz CT molecular complexity index is 393. The lowest BCUT2D eigenvalue weighted by Gasteiger charge is -2.05. The summed E-state index contributed by atoms with van der Waals surface area (Å²) in [5.74, 6) is -2.55. The van der Waals surface area contributed by atoms with Crippen molar-refractivity contribution in [3.05, 3.63) is 34.9 Å². The number of hydrogen-bond acceptors (Lipinski definition) is 3. The molecule has 0 aliphatic rings. The quantitative estimate of drug-likeness (QED) is 0.583. The highest BCUT2D eigenvalue weighted by Gasteiger charge is 2.15. The Labute approximate surface area is 91.0 Å². The summed E-state index contributed by atoms with van der Waals surface area (Å²) in [6.45, 7) is 1.74. The van der Waals surface area contributed by atoms with Crippen molar-refractivity contribution in [3.63, 3.8) is 0 Å². The van der Waals surface area contributed by atoms with Gasteiger partial charge in [0, 0.05) is 11.1 Å². The average Bonchev–Trinajstić information content (AvgIpc) is 2.23. The Hall–Kier alpha value is -1.78. The highest BCUT2D eigenvalue weighted by molar-refractivity contribution is 5.76. The van der Waals surface area contributed by atoms with Gasteiger partial charge in [0.05, 0.1) is 13.0 Å². The van der Waals surface area contributed by atoms with Crippen LogP contribution in [0.2, 0.25) is 0 Å². The first kappa shape index (κ1) is 12.3. The summed E-state index contributed by atoms with van der Waals surface area (Å²) in [6, 6.07) is 1.76. The van der Waals surface area contributed by atoms with E-state index < -0.39 is 24.0 Å². The highest BCUT2D eigenvalue weighted by atomic mass is 19.1. The molecule has 0 radical (unpaired) electrons. The standard InChI is InChI=1S/C11H10F2O3/c1-2-16-11(15)5-8-9(12)3-7(6-14)4-10(8)13/h3-4,6H,2,5H2,1H3. The number of aldehydes is 1. The van der Waals surface area contributed by atoms with Crippen molar-refractivity contribution in [2.24, 2.45) is 0 Å². The van der Waals surface area contributed by atoms with Crippen LogP contribution < -0.4 is 0 Å². The Balaban J connectivity index is 2.96. The minimum Gasteiger partial charge on any atom is -0.466 e. The molecular formula is C11H10F2O3. The molecule has 0 aromatic heterocycles. The van der Waals surface area contributed by atoms with E-state index in [1.54, 1.807) is 6.92 Å². The minimum atomic E-state index is -0.921. The van der Waals surface area contributed by atoms with Crippen LogP contribution in [-0.2, 0) is 16.0 Å². The molecule has 0 aliphatic carbocycles. The number of esters is 1. The van der Waals surface area contributed by atoms with Crippen LogP contribution in [0, 0.1) is 11.6 Å². The maximum atomic E-state index is 13.3. The number of carbonyl (C=O) groups is 2. The zero-order valence-corrected chi connectivity index (χ0v) is 8.63. The van der Waals surface area contributed by atoms with Gasteiger partial charge in [-0.1, -0.05) is 0 Å². The van der Waals surface area contributed by atoms with Gasteiger partial charge in [0.1, 0.15) is 17.9 Å². The monoisotopic (exact) mass is 228 g/mol. The van der Waals surface area contributed by atoms with E-state index in [2.05, 4.69) is 4.74 Å². The third-order valence-electron chi connectivity index (χ3n) is 1.93. The Kier molecular flexibility index (Phi) is 4.10. The Morgan fingerprint density at radius 2 is 1.94 bits per heavy atom. The summed E-state index contributed by atoms with van der Waals surface area (Å²) >= 11 is 0. The Morgan fingerprint density at radius 3 is 2.38 bits per heavy atom. The minimum absolute atomic E-state index is 0.109. The molecule has 1 rings (SSSR count). The van der Waals surface area contributed by atoms with Crippen LogP contribution >= 0.6 is 0 Å². The summed E-state index contributed by atoms with van der Waals surface area (Å²) < 4.78 is 31.2. The lowest BCUT2D eigenvalue weighted by atomic mass is 10.1. The van der Waals surface area contributed by atoms with Crippen LogP contribution in [0.15, 0.2) is 12.1 Å². The van der Waals surface area contributed by atoms with Gasteiger partial charge in [-0.05, 0) is 19.1 Å². The first-order valence-electron chi connectivity index (χ1n) is 4.67. The van der Waals surface area contributed by atoms with Crippen LogP contribution in [-0.4, -0.2) is 18.9 Å².